The molecule has 0 amide bonds. The molecule has 2 aliphatic heterocycles. The third-order valence-electron chi connectivity index (χ3n) is 6.27. The van der Waals surface area contributed by atoms with Gasteiger partial charge >= 0.3 is 0 Å². The molecule has 0 radical (unpaired) electrons. The van der Waals surface area contributed by atoms with Crippen molar-refractivity contribution in [3.8, 4) is 6.07 Å². The first-order chi connectivity index (χ1) is 13.3. The molecule has 4 heterocycles. The maximum Gasteiger partial charge on any atom is 0.229 e. The molecule has 0 aromatic carbocycles. The Morgan fingerprint density at radius 3 is 2.67 bits per heavy atom. The number of anilines is 3. The minimum Gasteiger partial charge on any atom is -0.353 e. The summed E-state index contributed by atoms with van der Waals surface area (Å²) in [5.41, 5.74) is 0.852. The number of hydrogen-bond donors (Lipinski definition) is 2. The van der Waals surface area contributed by atoms with Crippen LogP contribution in [0.1, 0.15) is 32.1 Å². The van der Waals surface area contributed by atoms with Crippen molar-refractivity contribution in [2.24, 2.45) is 5.92 Å². The standard InChI is InChI=1S/C19H24N8/c20-8-13-1-2-15(7-13)27-16-3-4-17(27)12-26(11-16)18-5-6-21-19(25-18)24-14-9-22-23-10-14/h5-6,9-10,13,15-17H,1-4,7,11-12H2,(H,22,23)(H,21,24,25)/t13?,15?,16-,17?/m1/s1. The molecule has 2 N–H and O–H groups in total. The Morgan fingerprint density at radius 1 is 1.15 bits per heavy atom. The van der Waals surface area contributed by atoms with Gasteiger partial charge in [-0.15, -0.1) is 0 Å². The number of nitriles is 1. The number of rotatable bonds is 4. The van der Waals surface area contributed by atoms with Crippen LogP contribution in [0.2, 0.25) is 0 Å². The molecule has 3 fully saturated rings. The highest BCUT2D eigenvalue weighted by atomic mass is 15.4. The summed E-state index contributed by atoms with van der Waals surface area (Å²) in [5, 5.41) is 19.1. The Labute approximate surface area is 158 Å². The number of H-pyrrole nitrogens is 1. The lowest BCUT2D eigenvalue weighted by molar-refractivity contribution is 0.111. The van der Waals surface area contributed by atoms with E-state index in [0.29, 0.717) is 24.1 Å². The first kappa shape index (κ1) is 16.5. The highest BCUT2D eigenvalue weighted by Gasteiger charge is 2.45. The molecule has 3 aliphatic rings. The van der Waals surface area contributed by atoms with Crippen LogP contribution in [-0.2, 0) is 0 Å². The second-order valence-corrected chi connectivity index (χ2v) is 7.88. The fraction of sp³-hybridized carbons (Fsp3) is 0.579. The van der Waals surface area contributed by atoms with Gasteiger partial charge in [0.1, 0.15) is 5.82 Å². The predicted molar refractivity (Wildman–Crippen MR) is 102 cm³/mol. The van der Waals surface area contributed by atoms with Crippen molar-refractivity contribution < 1.29 is 0 Å². The van der Waals surface area contributed by atoms with Crippen LogP contribution in [0.25, 0.3) is 0 Å². The molecule has 140 valence electrons. The highest BCUT2D eigenvalue weighted by Crippen LogP contribution is 2.39. The molecule has 2 aromatic heterocycles. The highest BCUT2D eigenvalue weighted by molar-refractivity contribution is 5.53. The van der Waals surface area contributed by atoms with Gasteiger partial charge < -0.3 is 10.2 Å². The van der Waals surface area contributed by atoms with E-state index in [4.69, 9.17) is 4.98 Å². The normalized spacial score (nSPS) is 30.4. The van der Waals surface area contributed by atoms with Crippen LogP contribution in [0.3, 0.4) is 0 Å². The molecule has 8 nitrogen and oxygen atoms in total. The van der Waals surface area contributed by atoms with Gasteiger partial charge in [-0.2, -0.15) is 15.3 Å². The van der Waals surface area contributed by atoms with Gasteiger partial charge in [0.15, 0.2) is 0 Å². The molecule has 0 spiro atoms. The molecule has 2 aromatic rings. The summed E-state index contributed by atoms with van der Waals surface area (Å²) < 4.78 is 0. The third kappa shape index (κ3) is 3.12. The molecule has 8 heteroatoms. The number of nitrogens with zero attached hydrogens (tertiary/aromatic N) is 6. The Morgan fingerprint density at radius 2 is 1.96 bits per heavy atom. The molecule has 4 atom stereocenters. The van der Waals surface area contributed by atoms with Gasteiger partial charge in [0.2, 0.25) is 5.95 Å². The first-order valence-corrected chi connectivity index (χ1v) is 9.81. The molecule has 3 unspecified atom stereocenters. The minimum absolute atomic E-state index is 0.255. The lowest BCUT2D eigenvalue weighted by Gasteiger charge is -2.44. The average Bonchev–Trinajstić information content (AvgIpc) is 3.41. The second kappa shape index (κ2) is 6.82. The quantitative estimate of drug-likeness (QED) is 0.859. The number of nitrogens with one attached hydrogen (secondary N) is 2. The van der Waals surface area contributed by atoms with Crippen LogP contribution in [0.5, 0.6) is 0 Å². The third-order valence-corrected chi connectivity index (χ3v) is 6.27. The van der Waals surface area contributed by atoms with Gasteiger partial charge in [0, 0.05) is 49.5 Å². The van der Waals surface area contributed by atoms with Crippen molar-refractivity contribution >= 4 is 17.5 Å². The summed E-state index contributed by atoms with van der Waals surface area (Å²) in [6.07, 6.45) is 11.1. The largest absolute Gasteiger partial charge is 0.353 e. The average molecular weight is 364 g/mol. The number of piperazine rings is 1. The smallest absolute Gasteiger partial charge is 0.229 e. The van der Waals surface area contributed by atoms with Gasteiger partial charge in [-0.3, -0.25) is 10.00 Å². The topological polar surface area (TPSA) is 96.8 Å². The van der Waals surface area contributed by atoms with Crippen molar-refractivity contribution in [2.75, 3.05) is 23.3 Å². The molecule has 27 heavy (non-hydrogen) atoms. The molecular formula is C19H24N8. The van der Waals surface area contributed by atoms with Crippen molar-refractivity contribution in [1.29, 1.82) is 5.26 Å². The van der Waals surface area contributed by atoms with Crippen LogP contribution in [0, 0.1) is 17.2 Å². The molecule has 1 aliphatic carbocycles. The van der Waals surface area contributed by atoms with Crippen LogP contribution in [0.15, 0.2) is 24.7 Å². The lowest BCUT2D eigenvalue weighted by Crippen LogP contribution is -2.57. The zero-order valence-electron chi connectivity index (χ0n) is 15.3. The lowest BCUT2D eigenvalue weighted by atomic mass is 10.1. The molecule has 2 saturated heterocycles. The molecule has 5 rings (SSSR count). The van der Waals surface area contributed by atoms with E-state index in [1.165, 1.54) is 19.3 Å². The van der Waals surface area contributed by atoms with Gasteiger partial charge in [-0.05, 0) is 38.2 Å². The summed E-state index contributed by atoms with van der Waals surface area (Å²) in [7, 11) is 0. The maximum atomic E-state index is 9.24. The Bertz CT molecular complexity index is 814. The van der Waals surface area contributed by atoms with Gasteiger partial charge in [-0.1, -0.05) is 0 Å². The van der Waals surface area contributed by atoms with E-state index in [-0.39, 0.29) is 5.92 Å². The number of aromatic nitrogens is 4. The van der Waals surface area contributed by atoms with E-state index in [1.54, 1.807) is 12.4 Å². The first-order valence-electron chi connectivity index (χ1n) is 9.81. The molecule has 2 bridgehead atoms. The van der Waals surface area contributed by atoms with Crippen molar-refractivity contribution in [3.63, 3.8) is 0 Å². The summed E-state index contributed by atoms with van der Waals surface area (Å²) in [5.74, 6) is 1.83. The van der Waals surface area contributed by atoms with E-state index >= 15 is 0 Å². The van der Waals surface area contributed by atoms with Crippen molar-refractivity contribution in [2.45, 2.75) is 50.2 Å². The van der Waals surface area contributed by atoms with Crippen molar-refractivity contribution in [1.82, 2.24) is 25.1 Å². The van der Waals surface area contributed by atoms with Crippen LogP contribution in [-0.4, -0.2) is 56.3 Å². The number of aromatic amines is 1. The Balaban J connectivity index is 1.29. The van der Waals surface area contributed by atoms with Crippen LogP contribution >= 0.6 is 0 Å². The Hall–Kier alpha value is -2.66. The fourth-order valence-corrected chi connectivity index (χ4v) is 5.10. The summed E-state index contributed by atoms with van der Waals surface area (Å²) >= 11 is 0. The van der Waals surface area contributed by atoms with Gasteiger partial charge in [-0.25, -0.2) is 4.98 Å². The van der Waals surface area contributed by atoms with E-state index in [0.717, 1.165) is 37.4 Å². The monoisotopic (exact) mass is 364 g/mol. The van der Waals surface area contributed by atoms with E-state index in [1.807, 2.05) is 12.3 Å². The Kier molecular flexibility index (Phi) is 4.17. The zero-order chi connectivity index (χ0) is 18.2. The molecular weight excluding hydrogens is 340 g/mol. The zero-order valence-corrected chi connectivity index (χ0v) is 15.3. The van der Waals surface area contributed by atoms with Gasteiger partial charge in [0.25, 0.3) is 0 Å². The van der Waals surface area contributed by atoms with Crippen molar-refractivity contribution in [3.05, 3.63) is 24.7 Å². The van der Waals surface area contributed by atoms with E-state index < -0.39 is 0 Å². The fourth-order valence-electron chi connectivity index (χ4n) is 5.10. The molecule has 1 saturated carbocycles. The van der Waals surface area contributed by atoms with E-state index in [2.05, 4.69) is 36.4 Å². The predicted octanol–water partition coefficient (Wildman–Crippen LogP) is 2.29. The summed E-state index contributed by atoms with van der Waals surface area (Å²) in [6, 6.07) is 6.22. The second-order valence-electron chi connectivity index (χ2n) is 7.88. The number of hydrogen-bond acceptors (Lipinski definition) is 7. The van der Waals surface area contributed by atoms with Crippen LogP contribution < -0.4 is 10.2 Å². The summed E-state index contributed by atoms with van der Waals surface area (Å²) in [4.78, 5) is 14.2. The van der Waals surface area contributed by atoms with E-state index in [9.17, 15) is 5.26 Å². The SMILES string of the molecule is N#CC1CCC(N2C3CC[C@@H]2CN(c2ccnc(Nc4cn[nH]c4)n2)C3)C1. The number of fused-ring (bicyclic) bond motifs is 2. The minimum atomic E-state index is 0.255. The van der Waals surface area contributed by atoms with Gasteiger partial charge in [0.05, 0.1) is 18.0 Å². The summed E-state index contributed by atoms with van der Waals surface area (Å²) in [6.45, 7) is 2.01. The maximum absolute atomic E-state index is 9.24. The van der Waals surface area contributed by atoms with Crippen LogP contribution in [0.4, 0.5) is 17.5 Å².